The van der Waals surface area contributed by atoms with Gasteiger partial charge in [0.2, 0.25) is 0 Å². The second-order valence-electron chi connectivity index (χ2n) is 4.42. The molecule has 1 saturated carbocycles. The quantitative estimate of drug-likeness (QED) is 0.853. The molecule has 1 fully saturated rings. The fraction of sp³-hybridized carbons (Fsp3) is 0.636. The molecule has 2 N–H and O–H groups in total. The summed E-state index contributed by atoms with van der Waals surface area (Å²) in [5.41, 5.74) is 5.76. The predicted octanol–water partition coefficient (Wildman–Crippen LogP) is 3.12. The van der Waals surface area contributed by atoms with Gasteiger partial charge in [-0.15, -0.1) is 0 Å². The van der Waals surface area contributed by atoms with Crippen molar-refractivity contribution in [2.45, 2.75) is 38.5 Å². The van der Waals surface area contributed by atoms with Gasteiger partial charge >= 0.3 is 0 Å². The number of nitrogen functional groups attached to an aromatic ring is 1. The highest BCUT2D eigenvalue weighted by Gasteiger charge is 2.22. The lowest BCUT2D eigenvalue weighted by Gasteiger charge is -2.24. The molecule has 1 heterocycles. The number of rotatable bonds is 1. The molecule has 0 radical (unpaired) electrons. The molecule has 2 rings (SSSR count). The maximum absolute atomic E-state index is 5.76. The summed E-state index contributed by atoms with van der Waals surface area (Å²) in [6.07, 6.45) is 6.72. The Kier molecular flexibility index (Phi) is 3.24. The lowest BCUT2D eigenvalue weighted by Crippen LogP contribution is -2.14. The molecular formula is C11H16BrN3. The molecule has 1 aliphatic rings. The zero-order chi connectivity index (χ0) is 10.8. The third kappa shape index (κ3) is 2.48. The van der Waals surface area contributed by atoms with E-state index in [2.05, 4.69) is 32.8 Å². The zero-order valence-electron chi connectivity index (χ0n) is 8.91. The van der Waals surface area contributed by atoms with Crippen LogP contribution in [0.15, 0.2) is 10.7 Å². The fourth-order valence-electron chi connectivity index (χ4n) is 2.11. The molecule has 0 bridgehead atoms. The number of halogens is 1. The normalized spacial score (nSPS) is 26.5. The first-order chi connectivity index (χ1) is 7.16. The van der Waals surface area contributed by atoms with E-state index in [1.807, 2.05) is 0 Å². The van der Waals surface area contributed by atoms with E-state index in [9.17, 15) is 0 Å². The van der Waals surface area contributed by atoms with Crippen LogP contribution in [0.4, 0.5) is 5.82 Å². The molecule has 4 heteroatoms. The summed E-state index contributed by atoms with van der Waals surface area (Å²) >= 11 is 3.31. The molecule has 0 spiro atoms. The largest absolute Gasteiger partial charge is 0.383 e. The molecule has 0 aliphatic heterocycles. The number of anilines is 1. The van der Waals surface area contributed by atoms with Crippen molar-refractivity contribution in [3.8, 4) is 0 Å². The third-order valence-corrected chi connectivity index (χ3v) is 3.78. The molecule has 15 heavy (non-hydrogen) atoms. The number of nitrogens with zero attached hydrogens (tertiary/aromatic N) is 2. The number of aromatic nitrogens is 2. The lowest BCUT2D eigenvalue weighted by molar-refractivity contribution is 0.340. The van der Waals surface area contributed by atoms with Gasteiger partial charge in [0.15, 0.2) is 0 Å². The van der Waals surface area contributed by atoms with Crippen LogP contribution in [0.25, 0.3) is 0 Å². The van der Waals surface area contributed by atoms with Crippen molar-refractivity contribution >= 4 is 21.7 Å². The average molecular weight is 270 g/mol. The van der Waals surface area contributed by atoms with E-state index >= 15 is 0 Å². The van der Waals surface area contributed by atoms with E-state index < -0.39 is 0 Å². The maximum atomic E-state index is 5.76. The minimum atomic E-state index is 0.511. The predicted molar refractivity (Wildman–Crippen MR) is 64.5 cm³/mol. The van der Waals surface area contributed by atoms with Crippen LogP contribution in [-0.4, -0.2) is 9.97 Å². The first-order valence-electron chi connectivity index (χ1n) is 5.44. The van der Waals surface area contributed by atoms with Gasteiger partial charge in [0.25, 0.3) is 0 Å². The summed E-state index contributed by atoms with van der Waals surface area (Å²) in [5.74, 6) is 2.84. The highest BCUT2D eigenvalue weighted by molar-refractivity contribution is 9.10. The first-order valence-corrected chi connectivity index (χ1v) is 6.24. The standard InChI is InChI=1S/C11H16BrN3/c1-7-2-4-8(5-3-7)11-14-6-9(12)10(13)15-11/h6-8H,2-5H2,1H3,(H2,13,14,15). The van der Waals surface area contributed by atoms with Crippen LogP contribution in [0.3, 0.4) is 0 Å². The van der Waals surface area contributed by atoms with Crippen LogP contribution >= 0.6 is 15.9 Å². The molecular weight excluding hydrogens is 254 g/mol. The summed E-state index contributed by atoms with van der Waals surface area (Å²) in [6.45, 7) is 2.31. The second kappa shape index (κ2) is 4.47. The monoisotopic (exact) mass is 269 g/mol. The number of hydrogen-bond donors (Lipinski definition) is 1. The zero-order valence-corrected chi connectivity index (χ0v) is 10.5. The van der Waals surface area contributed by atoms with Crippen molar-refractivity contribution in [3.05, 3.63) is 16.5 Å². The highest BCUT2D eigenvalue weighted by atomic mass is 79.9. The third-order valence-electron chi connectivity index (χ3n) is 3.17. The molecule has 3 nitrogen and oxygen atoms in total. The highest BCUT2D eigenvalue weighted by Crippen LogP contribution is 2.34. The molecule has 82 valence electrons. The molecule has 0 atom stereocenters. The van der Waals surface area contributed by atoms with Crippen molar-refractivity contribution < 1.29 is 0 Å². The van der Waals surface area contributed by atoms with Crippen LogP contribution in [-0.2, 0) is 0 Å². The van der Waals surface area contributed by atoms with Crippen molar-refractivity contribution in [1.82, 2.24) is 9.97 Å². The van der Waals surface area contributed by atoms with Gasteiger partial charge in [-0.1, -0.05) is 19.8 Å². The topological polar surface area (TPSA) is 51.8 Å². The number of hydrogen-bond acceptors (Lipinski definition) is 3. The van der Waals surface area contributed by atoms with E-state index in [0.29, 0.717) is 11.7 Å². The van der Waals surface area contributed by atoms with Gasteiger partial charge in [-0.25, -0.2) is 9.97 Å². The molecule has 0 aromatic carbocycles. The summed E-state index contributed by atoms with van der Waals surface area (Å²) in [4.78, 5) is 8.69. The van der Waals surface area contributed by atoms with Crippen molar-refractivity contribution in [3.63, 3.8) is 0 Å². The second-order valence-corrected chi connectivity index (χ2v) is 5.27. The Morgan fingerprint density at radius 2 is 2.00 bits per heavy atom. The van der Waals surface area contributed by atoms with Crippen LogP contribution in [0.1, 0.15) is 44.3 Å². The summed E-state index contributed by atoms with van der Waals surface area (Å²) < 4.78 is 0.787. The Hall–Kier alpha value is -0.640. The number of nitrogens with two attached hydrogens (primary N) is 1. The van der Waals surface area contributed by atoms with Gasteiger partial charge in [-0.3, -0.25) is 0 Å². The van der Waals surface area contributed by atoms with Crippen molar-refractivity contribution in [2.24, 2.45) is 5.92 Å². The SMILES string of the molecule is CC1CCC(c2ncc(Br)c(N)n2)CC1. The maximum Gasteiger partial charge on any atom is 0.141 e. The smallest absolute Gasteiger partial charge is 0.141 e. The van der Waals surface area contributed by atoms with Gasteiger partial charge in [0, 0.05) is 12.1 Å². The van der Waals surface area contributed by atoms with E-state index in [4.69, 9.17) is 5.73 Å². The Labute approximate surface area is 98.6 Å². The van der Waals surface area contributed by atoms with E-state index in [-0.39, 0.29) is 0 Å². The Morgan fingerprint density at radius 3 is 2.60 bits per heavy atom. The molecule has 1 aliphatic carbocycles. The minimum Gasteiger partial charge on any atom is -0.383 e. The lowest BCUT2D eigenvalue weighted by atomic mass is 9.82. The van der Waals surface area contributed by atoms with Gasteiger partial charge in [0.05, 0.1) is 4.47 Å². The van der Waals surface area contributed by atoms with E-state index in [0.717, 1.165) is 16.2 Å². The van der Waals surface area contributed by atoms with Crippen LogP contribution in [0, 0.1) is 5.92 Å². The van der Waals surface area contributed by atoms with Crippen LogP contribution in [0.2, 0.25) is 0 Å². The molecule has 0 saturated heterocycles. The van der Waals surface area contributed by atoms with Crippen molar-refractivity contribution in [1.29, 1.82) is 0 Å². The minimum absolute atomic E-state index is 0.511. The van der Waals surface area contributed by atoms with Gasteiger partial charge in [0.1, 0.15) is 11.6 Å². The van der Waals surface area contributed by atoms with Gasteiger partial charge in [-0.05, 0) is 34.7 Å². The first kappa shape index (κ1) is 10.9. The molecule has 0 amide bonds. The van der Waals surface area contributed by atoms with Gasteiger partial charge in [-0.2, -0.15) is 0 Å². The summed E-state index contributed by atoms with van der Waals surface area (Å²) in [5, 5.41) is 0. The Morgan fingerprint density at radius 1 is 1.33 bits per heavy atom. The van der Waals surface area contributed by atoms with Gasteiger partial charge < -0.3 is 5.73 Å². The Balaban J connectivity index is 2.12. The van der Waals surface area contributed by atoms with Crippen LogP contribution < -0.4 is 5.73 Å². The molecule has 1 aromatic heterocycles. The molecule has 1 aromatic rings. The Bertz CT molecular complexity index is 346. The fourth-order valence-corrected chi connectivity index (χ4v) is 2.30. The summed E-state index contributed by atoms with van der Waals surface area (Å²) in [6, 6.07) is 0. The van der Waals surface area contributed by atoms with E-state index in [1.54, 1.807) is 6.20 Å². The van der Waals surface area contributed by atoms with Crippen molar-refractivity contribution in [2.75, 3.05) is 5.73 Å². The van der Waals surface area contributed by atoms with Crippen LogP contribution in [0.5, 0.6) is 0 Å². The average Bonchev–Trinajstić information content (AvgIpc) is 2.23. The molecule has 0 unspecified atom stereocenters. The summed E-state index contributed by atoms with van der Waals surface area (Å²) in [7, 11) is 0. The van der Waals surface area contributed by atoms with E-state index in [1.165, 1.54) is 25.7 Å².